The quantitative estimate of drug-likeness (QED) is 0.658. The molecule has 0 saturated heterocycles. The number of esters is 1. The molecule has 92 valence electrons. The summed E-state index contributed by atoms with van der Waals surface area (Å²) in [6.07, 6.45) is 3.90. The number of carbonyl (C=O) groups excluding carboxylic acids is 1. The SMILES string of the molecule is COC(=O)C(Cl)CNCc1cn2ccsc2n1. The fourth-order valence-corrected chi connectivity index (χ4v) is 2.32. The highest BCUT2D eigenvalue weighted by Gasteiger charge is 2.14. The Morgan fingerprint density at radius 2 is 2.59 bits per heavy atom. The third-order valence-corrected chi connectivity index (χ3v) is 3.33. The van der Waals surface area contributed by atoms with Gasteiger partial charge in [0.05, 0.1) is 12.8 Å². The zero-order valence-electron chi connectivity index (χ0n) is 9.22. The van der Waals surface area contributed by atoms with Crippen LogP contribution < -0.4 is 5.32 Å². The van der Waals surface area contributed by atoms with E-state index in [9.17, 15) is 4.79 Å². The lowest BCUT2D eigenvalue weighted by atomic mass is 10.4. The highest BCUT2D eigenvalue weighted by molar-refractivity contribution is 7.15. The number of thiazole rings is 1. The summed E-state index contributed by atoms with van der Waals surface area (Å²) >= 11 is 7.37. The van der Waals surface area contributed by atoms with Crippen molar-refractivity contribution < 1.29 is 9.53 Å². The molecule has 0 aliphatic carbocycles. The van der Waals surface area contributed by atoms with Crippen molar-refractivity contribution in [3.8, 4) is 0 Å². The van der Waals surface area contributed by atoms with Crippen molar-refractivity contribution in [2.24, 2.45) is 0 Å². The van der Waals surface area contributed by atoms with Crippen LogP contribution in [-0.2, 0) is 16.1 Å². The van der Waals surface area contributed by atoms with Gasteiger partial charge >= 0.3 is 5.97 Å². The van der Waals surface area contributed by atoms with Gasteiger partial charge in [-0.2, -0.15) is 0 Å². The topological polar surface area (TPSA) is 55.6 Å². The van der Waals surface area contributed by atoms with Crippen LogP contribution in [0.4, 0.5) is 0 Å². The van der Waals surface area contributed by atoms with Crippen molar-refractivity contribution in [1.29, 1.82) is 0 Å². The van der Waals surface area contributed by atoms with Gasteiger partial charge in [-0.25, -0.2) is 4.98 Å². The first-order chi connectivity index (χ1) is 8.20. The summed E-state index contributed by atoms with van der Waals surface area (Å²) in [7, 11) is 1.32. The number of ether oxygens (including phenoxy) is 1. The summed E-state index contributed by atoms with van der Waals surface area (Å²) in [5.41, 5.74) is 0.922. The van der Waals surface area contributed by atoms with Crippen LogP contribution >= 0.6 is 22.9 Å². The maximum Gasteiger partial charge on any atom is 0.325 e. The number of nitrogens with zero attached hydrogens (tertiary/aromatic N) is 2. The van der Waals surface area contributed by atoms with E-state index in [2.05, 4.69) is 15.0 Å². The van der Waals surface area contributed by atoms with Crippen molar-refractivity contribution in [2.75, 3.05) is 13.7 Å². The highest BCUT2D eigenvalue weighted by Crippen LogP contribution is 2.11. The van der Waals surface area contributed by atoms with Crippen molar-refractivity contribution >= 4 is 33.9 Å². The molecule has 0 radical (unpaired) electrons. The van der Waals surface area contributed by atoms with E-state index < -0.39 is 11.3 Å². The number of carbonyl (C=O) groups is 1. The summed E-state index contributed by atoms with van der Waals surface area (Å²) in [6.45, 7) is 0.939. The number of fused-ring (bicyclic) bond motifs is 1. The Balaban J connectivity index is 1.82. The zero-order valence-corrected chi connectivity index (χ0v) is 10.8. The van der Waals surface area contributed by atoms with Crippen molar-refractivity contribution in [3.63, 3.8) is 0 Å². The molecular formula is C10H12ClN3O2S. The second kappa shape index (κ2) is 5.48. The number of alkyl halides is 1. The molecule has 0 saturated carbocycles. The Hall–Kier alpha value is -1.11. The van der Waals surface area contributed by atoms with Gasteiger partial charge in [0.25, 0.3) is 0 Å². The van der Waals surface area contributed by atoms with Crippen LogP contribution in [-0.4, -0.2) is 34.4 Å². The highest BCUT2D eigenvalue weighted by atomic mass is 35.5. The number of methoxy groups -OCH3 is 1. The number of aromatic nitrogens is 2. The van der Waals surface area contributed by atoms with Crippen molar-refractivity contribution in [1.82, 2.24) is 14.7 Å². The molecule has 0 bridgehead atoms. The Labute approximate surface area is 107 Å². The Bertz CT molecular complexity index is 482. The molecule has 0 fully saturated rings. The van der Waals surface area contributed by atoms with E-state index in [1.54, 1.807) is 11.3 Å². The maximum absolute atomic E-state index is 11.0. The summed E-state index contributed by atoms with van der Waals surface area (Å²) in [4.78, 5) is 16.4. The summed E-state index contributed by atoms with van der Waals surface area (Å²) in [5.74, 6) is -0.426. The van der Waals surface area contributed by atoms with E-state index in [-0.39, 0.29) is 0 Å². The molecule has 2 aromatic heterocycles. The molecule has 0 amide bonds. The molecule has 17 heavy (non-hydrogen) atoms. The fourth-order valence-electron chi connectivity index (χ4n) is 1.40. The van der Waals surface area contributed by atoms with Gasteiger partial charge in [-0.1, -0.05) is 0 Å². The molecule has 0 spiro atoms. The Morgan fingerprint density at radius 1 is 1.76 bits per heavy atom. The predicted molar refractivity (Wildman–Crippen MR) is 66.4 cm³/mol. The van der Waals surface area contributed by atoms with E-state index in [4.69, 9.17) is 11.6 Å². The maximum atomic E-state index is 11.0. The largest absolute Gasteiger partial charge is 0.468 e. The Morgan fingerprint density at radius 3 is 3.29 bits per heavy atom. The summed E-state index contributed by atoms with van der Waals surface area (Å²) in [5, 5.41) is 4.38. The lowest BCUT2D eigenvalue weighted by Gasteiger charge is -2.07. The van der Waals surface area contributed by atoms with Gasteiger partial charge in [0.2, 0.25) is 0 Å². The molecule has 0 aromatic carbocycles. The van der Waals surface area contributed by atoms with Crippen LogP contribution in [0.25, 0.3) is 4.96 Å². The summed E-state index contributed by atoms with van der Waals surface area (Å²) < 4.78 is 6.48. The molecule has 2 aromatic rings. The van der Waals surface area contributed by atoms with E-state index in [1.807, 2.05) is 22.2 Å². The molecule has 0 aliphatic rings. The third kappa shape index (κ3) is 2.96. The number of imidazole rings is 1. The average Bonchev–Trinajstić information content (AvgIpc) is 2.88. The minimum atomic E-state index is -0.663. The first-order valence-electron chi connectivity index (χ1n) is 5.04. The molecule has 0 aliphatic heterocycles. The monoisotopic (exact) mass is 273 g/mol. The molecule has 7 heteroatoms. The van der Waals surface area contributed by atoms with Gasteiger partial charge in [0, 0.05) is 30.9 Å². The van der Waals surface area contributed by atoms with E-state index >= 15 is 0 Å². The smallest absolute Gasteiger partial charge is 0.325 e. The van der Waals surface area contributed by atoms with Gasteiger partial charge in [-0.3, -0.25) is 9.20 Å². The molecule has 2 heterocycles. The molecule has 1 unspecified atom stereocenters. The van der Waals surface area contributed by atoms with E-state index in [0.29, 0.717) is 13.1 Å². The van der Waals surface area contributed by atoms with Crippen LogP contribution in [0, 0.1) is 0 Å². The van der Waals surface area contributed by atoms with Gasteiger partial charge in [-0.15, -0.1) is 22.9 Å². The Kier molecular flexibility index (Phi) is 3.98. The second-order valence-electron chi connectivity index (χ2n) is 3.45. The van der Waals surface area contributed by atoms with Gasteiger partial charge in [0.15, 0.2) is 4.96 Å². The fraction of sp³-hybridized carbons (Fsp3) is 0.400. The molecule has 1 N–H and O–H groups in total. The van der Waals surface area contributed by atoms with Gasteiger partial charge in [-0.05, 0) is 0 Å². The van der Waals surface area contributed by atoms with E-state index in [1.165, 1.54) is 7.11 Å². The van der Waals surface area contributed by atoms with E-state index in [0.717, 1.165) is 10.7 Å². The average molecular weight is 274 g/mol. The second-order valence-corrected chi connectivity index (χ2v) is 4.85. The van der Waals surface area contributed by atoms with Crippen LogP contribution in [0.2, 0.25) is 0 Å². The van der Waals surface area contributed by atoms with Gasteiger partial charge < -0.3 is 10.1 Å². The molecule has 5 nitrogen and oxygen atoms in total. The summed E-state index contributed by atoms with van der Waals surface area (Å²) in [6, 6.07) is 0. The van der Waals surface area contributed by atoms with Crippen molar-refractivity contribution in [2.45, 2.75) is 11.9 Å². The number of hydrogen-bond acceptors (Lipinski definition) is 5. The molecule has 2 rings (SSSR count). The zero-order chi connectivity index (χ0) is 12.3. The number of hydrogen-bond donors (Lipinski definition) is 1. The minimum absolute atomic E-state index is 0.361. The lowest BCUT2D eigenvalue weighted by Crippen LogP contribution is -2.29. The lowest BCUT2D eigenvalue weighted by molar-refractivity contribution is -0.140. The van der Waals surface area contributed by atoms with Gasteiger partial charge in [0.1, 0.15) is 5.38 Å². The molecule has 1 atom stereocenters. The predicted octanol–water partition coefficient (Wildman–Crippen LogP) is 1.27. The first-order valence-corrected chi connectivity index (χ1v) is 6.36. The number of nitrogens with one attached hydrogen (secondary N) is 1. The number of rotatable bonds is 5. The van der Waals surface area contributed by atoms with Crippen LogP contribution in [0.1, 0.15) is 5.69 Å². The number of halogens is 1. The normalized spacial score (nSPS) is 12.8. The van der Waals surface area contributed by atoms with Crippen LogP contribution in [0.15, 0.2) is 17.8 Å². The standard InChI is InChI=1S/C10H12ClN3O2S/c1-16-9(15)8(11)5-12-4-7-6-14-2-3-17-10(14)13-7/h2-3,6,8,12H,4-5H2,1H3. The third-order valence-electron chi connectivity index (χ3n) is 2.23. The first kappa shape index (κ1) is 12.3. The van der Waals surface area contributed by atoms with Crippen LogP contribution in [0.3, 0.4) is 0 Å². The van der Waals surface area contributed by atoms with Crippen molar-refractivity contribution in [3.05, 3.63) is 23.5 Å². The molecular weight excluding hydrogens is 262 g/mol. The minimum Gasteiger partial charge on any atom is -0.468 e. The van der Waals surface area contributed by atoms with Crippen LogP contribution in [0.5, 0.6) is 0 Å².